The van der Waals surface area contributed by atoms with Crippen molar-refractivity contribution in [2.24, 2.45) is 68.0 Å². The Morgan fingerprint density at radius 2 is 1.44 bits per heavy atom. The molecule has 7 rings (SSSR count). The van der Waals surface area contributed by atoms with Crippen LogP contribution in [0, 0.1) is 68.0 Å². The van der Waals surface area contributed by atoms with Gasteiger partial charge in [0.05, 0.1) is 11.5 Å². The van der Waals surface area contributed by atoms with Crippen molar-refractivity contribution in [1.82, 2.24) is 0 Å². The molecule has 12 atom stereocenters. The van der Waals surface area contributed by atoms with E-state index in [1.807, 2.05) is 13.0 Å². The summed E-state index contributed by atoms with van der Waals surface area (Å²) in [6, 6.07) is 5.01. The molecule has 0 amide bonds. The van der Waals surface area contributed by atoms with E-state index in [9.17, 15) is 24.4 Å². The number of rotatable bonds is 15. The van der Waals surface area contributed by atoms with E-state index in [1.165, 1.54) is 50.5 Å². The molecule has 374 valence electrons. The molecule has 66 heavy (non-hydrogen) atoms. The summed E-state index contributed by atoms with van der Waals surface area (Å²) in [6.45, 7) is 27.4. The van der Waals surface area contributed by atoms with E-state index in [2.05, 4.69) is 76.2 Å². The molecular weight excluding hydrogens is 848 g/mol. The molecule has 1 heterocycles. The van der Waals surface area contributed by atoms with Crippen LogP contribution in [-0.2, 0) is 20.6 Å². The van der Waals surface area contributed by atoms with E-state index in [4.69, 9.17) is 19.0 Å². The second kappa shape index (κ2) is 19.5. The molecular formula is C56H91O9P. The van der Waals surface area contributed by atoms with Crippen LogP contribution in [0.15, 0.2) is 29.8 Å². The molecule has 4 unspecified atom stereocenters. The fraction of sp³-hybridized carbons (Fsp3) is 0.821. The zero-order valence-corrected chi connectivity index (χ0v) is 44.2. The van der Waals surface area contributed by atoms with Gasteiger partial charge >= 0.3 is 13.8 Å². The van der Waals surface area contributed by atoms with Crippen LogP contribution in [-0.4, -0.2) is 43.5 Å². The lowest BCUT2D eigenvalue weighted by molar-refractivity contribution is -0.202. The van der Waals surface area contributed by atoms with Gasteiger partial charge in [-0.15, -0.1) is 0 Å². The van der Waals surface area contributed by atoms with Crippen LogP contribution >= 0.6 is 7.82 Å². The maximum absolute atomic E-state index is 14.2. The molecule has 0 bridgehead atoms. The van der Waals surface area contributed by atoms with Gasteiger partial charge in [0.25, 0.3) is 0 Å². The van der Waals surface area contributed by atoms with Gasteiger partial charge < -0.3 is 19.5 Å². The third-order valence-electron chi connectivity index (χ3n) is 19.9. The summed E-state index contributed by atoms with van der Waals surface area (Å²) >= 11 is 0. The fourth-order valence-electron chi connectivity index (χ4n) is 15.1. The first-order valence-electron chi connectivity index (χ1n) is 26.3. The number of allylic oxidation sites excluding steroid dienone is 2. The molecule has 6 aliphatic rings. The van der Waals surface area contributed by atoms with E-state index in [0.29, 0.717) is 12.3 Å². The Bertz CT molecular complexity index is 1990. The van der Waals surface area contributed by atoms with Crippen molar-refractivity contribution < 1.29 is 43.4 Å². The molecule has 5 aliphatic carbocycles. The first-order valence-corrected chi connectivity index (χ1v) is 27.8. The maximum atomic E-state index is 14.2. The van der Waals surface area contributed by atoms with E-state index in [1.54, 1.807) is 18.2 Å². The van der Waals surface area contributed by atoms with Crippen LogP contribution in [0.3, 0.4) is 0 Å². The second-order valence-corrected chi connectivity index (χ2v) is 26.9. The van der Waals surface area contributed by atoms with Crippen LogP contribution in [0.1, 0.15) is 211 Å². The third kappa shape index (κ3) is 10.8. The Morgan fingerprint density at radius 3 is 2.06 bits per heavy atom. The molecule has 4 saturated carbocycles. The van der Waals surface area contributed by atoms with Gasteiger partial charge in [0.2, 0.25) is 0 Å². The number of carbonyl (C=O) groups is 2. The molecule has 0 saturated heterocycles. The number of phosphoric ester groups is 1. The van der Waals surface area contributed by atoms with Gasteiger partial charge in [-0.25, -0.2) is 4.57 Å². The number of carbonyl (C=O) groups excluding carboxylic acids is 1. The molecule has 1 aliphatic heterocycles. The average molecular weight is 939 g/mol. The first kappa shape index (κ1) is 53.2. The summed E-state index contributed by atoms with van der Waals surface area (Å²) in [5, 5.41) is 20.9. The lowest BCUT2D eigenvalue weighted by atomic mass is 9.33. The summed E-state index contributed by atoms with van der Waals surface area (Å²) in [4.78, 5) is 44.4. The molecule has 1 aromatic carbocycles. The number of ether oxygens (including phenoxy) is 1. The smallest absolute Gasteiger partial charge is 0.487 e. The number of hydrogen-bond donors (Lipinski definition) is 4. The Kier molecular flexibility index (Phi) is 15.7. The average Bonchev–Trinajstić information content (AvgIpc) is 3.20. The van der Waals surface area contributed by atoms with E-state index < -0.39 is 19.2 Å². The lowest BCUT2D eigenvalue weighted by Crippen LogP contribution is -2.66. The zero-order valence-electron chi connectivity index (χ0n) is 43.3. The number of aliphatic hydroxyl groups excluding tert-OH is 1. The normalized spacial score (nSPS) is 37.8. The fourth-order valence-corrected chi connectivity index (χ4v) is 15.5. The number of aliphatic carboxylic acids is 1. The molecule has 9 nitrogen and oxygen atoms in total. The number of phosphoric acid groups is 1. The van der Waals surface area contributed by atoms with Crippen molar-refractivity contribution in [3.8, 4) is 11.5 Å². The van der Waals surface area contributed by atoms with Crippen LogP contribution in [0.5, 0.6) is 11.5 Å². The minimum atomic E-state index is -4.54. The molecule has 1 aromatic rings. The third-order valence-corrected chi connectivity index (χ3v) is 20.3. The highest BCUT2D eigenvalue weighted by Crippen LogP contribution is 2.75. The molecule has 0 spiro atoms. The number of benzene rings is 1. The number of fused-ring (bicyclic) bond motifs is 8. The van der Waals surface area contributed by atoms with Crippen molar-refractivity contribution in [1.29, 1.82) is 0 Å². The van der Waals surface area contributed by atoms with E-state index in [-0.39, 0.29) is 62.1 Å². The molecule has 10 heteroatoms. The first-order chi connectivity index (χ1) is 30.5. The number of ketones is 1. The quantitative estimate of drug-likeness (QED) is 0.126. The van der Waals surface area contributed by atoms with Gasteiger partial charge in [-0.2, -0.15) is 0 Å². The van der Waals surface area contributed by atoms with Gasteiger partial charge in [-0.1, -0.05) is 120 Å². The van der Waals surface area contributed by atoms with Gasteiger partial charge in [0, 0.05) is 5.92 Å². The Balaban J connectivity index is 0.000000219. The monoisotopic (exact) mass is 939 g/mol. The van der Waals surface area contributed by atoms with Gasteiger partial charge in [-0.05, 0) is 184 Å². The molecule has 0 aromatic heterocycles. The zero-order chi connectivity index (χ0) is 48.9. The highest BCUT2D eigenvalue weighted by Gasteiger charge is 2.70. The standard InChI is InChI=1S/C30H46O4.C26H45O5P/c1-25(2)21-8-11-30(7)23(28(21,5)10-9-22(25)32)20(31)16-18-19-17-27(4,24(33)34)13-12-26(19,3)14-15-29(18,30)6;1-20(2)9-6-10-21(3)11-7-12-22(4)13-8-17-26(5)18-16-23-19-24(31-32(27,28)29)14-15-25(23)30-26/h16,19,21-23,32H,8-15,17H2,1-7H3,(H,33,34);14-15,19-22H,6-13,16-18H2,1-5H3,(H2,27,28,29)/t19-,21?,22-,23+,26+,27-,28-,29+,30+;/m0./s1. The highest BCUT2D eigenvalue weighted by atomic mass is 31.2. The van der Waals surface area contributed by atoms with Gasteiger partial charge in [0.1, 0.15) is 17.1 Å². The summed E-state index contributed by atoms with van der Waals surface area (Å²) in [5.41, 5.74) is 0.913. The number of carboxylic acids is 1. The topological polar surface area (TPSA) is 151 Å². The number of aliphatic hydroxyl groups is 1. The maximum Gasteiger partial charge on any atom is 0.524 e. The lowest BCUT2D eigenvalue weighted by Gasteiger charge is -2.70. The number of carboxylic acid groups (broad SMARTS) is 1. The van der Waals surface area contributed by atoms with Crippen LogP contribution < -0.4 is 9.26 Å². The largest absolute Gasteiger partial charge is 0.524 e. The van der Waals surface area contributed by atoms with Gasteiger partial charge in [0.15, 0.2) is 5.78 Å². The van der Waals surface area contributed by atoms with Crippen molar-refractivity contribution in [2.75, 3.05) is 0 Å². The minimum Gasteiger partial charge on any atom is -0.487 e. The van der Waals surface area contributed by atoms with E-state index >= 15 is 0 Å². The summed E-state index contributed by atoms with van der Waals surface area (Å²) in [7, 11) is -4.54. The predicted octanol–water partition coefficient (Wildman–Crippen LogP) is 14.1. The van der Waals surface area contributed by atoms with Crippen molar-refractivity contribution in [3.63, 3.8) is 0 Å². The second-order valence-electron chi connectivity index (χ2n) is 25.7. The number of hydrogen-bond acceptors (Lipinski definition) is 6. The molecule has 4 fully saturated rings. The predicted molar refractivity (Wildman–Crippen MR) is 264 cm³/mol. The molecule has 0 radical (unpaired) electrons. The number of aryl methyl sites for hydroxylation is 1. The Labute approximate surface area is 399 Å². The van der Waals surface area contributed by atoms with Crippen LogP contribution in [0.25, 0.3) is 0 Å². The Morgan fingerprint density at radius 1 is 0.818 bits per heavy atom. The van der Waals surface area contributed by atoms with Crippen LogP contribution in [0.4, 0.5) is 0 Å². The minimum absolute atomic E-state index is 0.0296. The van der Waals surface area contributed by atoms with Crippen LogP contribution in [0.2, 0.25) is 0 Å². The van der Waals surface area contributed by atoms with Crippen molar-refractivity contribution in [2.45, 2.75) is 223 Å². The van der Waals surface area contributed by atoms with Crippen molar-refractivity contribution in [3.05, 3.63) is 35.4 Å². The van der Waals surface area contributed by atoms with E-state index in [0.717, 1.165) is 106 Å². The molecule has 4 N–H and O–H groups in total. The summed E-state index contributed by atoms with van der Waals surface area (Å²) in [5.74, 6) is 3.48. The summed E-state index contributed by atoms with van der Waals surface area (Å²) in [6.07, 6.45) is 23.2. The highest BCUT2D eigenvalue weighted by molar-refractivity contribution is 7.46. The van der Waals surface area contributed by atoms with Gasteiger partial charge in [-0.3, -0.25) is 19.4 Å². The summed E-state index contributed by atoms with van der Waals surface area (Å²) < 4.78 is 22.1. The Hall–Kier alpha value is -2.19. The van der Waals surface area contributed by atoms with Crippen molar-refractivity contribution >= 4 is 19.6 Å². The SMILES string of the molecule is CC(C)CCCC(C)CCCC(C)CCCC1(C)CCc2cc(OP(=O)(O)O)ccc2O1.CC1(C)C2CC[C@]3(C)[C@H](C(=O)C=C4[C@@H]5C[C@@](C)(C(=O)O)CC[C@]5(C)CC[C@]43C)[C@@]2(C)CC[C@@H]1O.